The summed E-state index contributed by atoms with van der Waals surface area (Å²) in [6.45, 7) is 9.08. The van der Waals surface area contributed by atoms with Crippen LogP contribution >= 0.6 is 0 Å². The fourth-order valence-corrected chi connectivity index (χ4v) is 3.53. The minimum Gasteiger partial charge on any atom is -0.450 e. The monoisotopic (exact) mass is 282 g/mol. The summed E-state index contributed by atoms with van der Waals surface area (Å²) in [7, 11) is 0. The Hall–Kier alpha value is -0.770. The van der Waals surface area contributed by atoms with Crippen LogP contribution in [0, 0.1) is 11.8 Å². The highest BCUT2D eigenvalue weighted by Gasteiger charge is 2.34. The van der Waals surface area contributed by atoms with Crippen molar-refractivity contribution in [3.8, 4) is 0 Å². The van der Waals surface area contributed by atoms with Crippen molar-refractivity contribution in [2.24, 2.45) is 11.8 Å². The molecule has 1 aliphatic heterocycles. The van der Waals surface area contributed by atoms with Crippen LogP contribution in [0.25, 0.3) is 0 Å². The van der Waals surface area contributed by atoms with Crippen LogP contribution in [-0.4, -0.2) is 42.8 Å². The Morgan fingerprint density at radius 3 is 2.65 bits per heavy atom. The van der Waals surface area contributed by atoms with E-state index in [9.17, 15) is 4.79 Å². The molecule has 1 amide bonds. The van der Waals surface area contributed by atoms with Crippen LogP contribution < -0.4 is 5.32 Å². The van der Waals surface area contributed by atoms with Gasteiger partial charge in [-0.3, -0.25) is 4.90 Å². The van der Waals surface area contributed by atoms with Gasteiger partial charge in [-0.1, -0.05) is 19.8 Å². The lowest BCUT2D eigenvalue weighted by atomic mass is 9.78. The standard InChI is InChI=1S/C16H30N2O2/c1-4-13-9-15(17-16(19)20-5-2)11-18(10-13)12(3)14-7-6-8-14/h12-15H,4-11H2,1-3H3,(H,17,19). The predicted molar refractivity (Wildman–Crippen MR) is 80.7 cm³/mol. The third-order valence-corrected chi connectivity index (χ3v) is 5.15. The Labute approximate surface area is 123 Å². The Bertz CT molecular complexity index is 318. The molecule has 4 heteroatoms. The maximum absolute atomic E-state index is 11.6. The molecule has 1 saturated heterocycles. The van der Waals surface area contributed by atoms with E-state index in [1.807, 2.05) is 6.92 Å². The highest BCUT2D eigenvalue weighted by Crippen LogP contribution is 2.34. The van der Waals surface area contributed by atoms with Crippen molar-refractivity contribution in [1.29, 1.82) is 0 Å². The number of nitrogens with one attached hydrogen (secondary N) is 1. The first kappa shape index (κ1) is 15.6. The lowest BCUT2D eigenvalue weighted by Crippen LogP contribution is -2.55. The molecule has 0 aromatic heterocycles. The molecule has 2 rings (SSSR count). The van der Waals surface area contributed by atoms with E-state index < -0.39 is 0 Å². The van der Waals surface area contributed by atoms with Crippen molar-refractivity contribution >= 4 is 6.09 Å². The number of hydrogen-bond acceptors (Lipinski definition) is 3. The molecule has 0 radical (unpaired) electrons. The van der Waals surface area contributed by atoms with Crippen LogP contribution in [-0.2, 0) is 4.74 Å². The van der Waals surface area contributed by atoms with Gasteiger partial charge in [0.2, 0.25) is 0 Å². The predicted octanol–water partition coefficient (Wildman–Crippen LogP) is 3.02. The number of carbonyl (C=O) groups excluding carboxylic acids is 1. The van der Waals surface area contributed by atoms with Crippen LogP contribution in [0.15, 0.2) is 0 Å². The van der Waals surface area contributed by atoms with Gasteiger partial charge in [0.05, 0.1) is 6.61 Å². The quantitative estimate of drug-likeness (QED) is 0.842. The fourth-order valence-electron chi connectivity index (χ4n) is 3.53. The van der Waals surface area contributed by atoms with E-state index >= 15 is 0 Å². The van der Waals surface area contributed by atoms with Crippen LogP contribution in [0.5, 0.6) is 0 Å². The molecular weight excluding hydrogens is 252 g/mol. The van der Waals surface area contributed by atoms with Gasteiger partial charge >= 0.3 is 6.09 Å². The molecule has 1 saturated carbocycles. The molecule has 4 nitrogen and oxygen atoms in total. The molecule has 1 N–H and O–H groups in total. The summed E-state index contributed by atoms with van der Waals surface area (Å²) in [4.78, 5) is 14.2. The highest BCUT2D eigenvalue weighted by atomic mass is 16.5. The number of rotatable bonds is 5. The number of alkyl carbamates (subject to hydrolysis) is 1. The number of ether oxygens (including phenoxy) is 1. The number of hydrogen-bond donors (Lipinski definition) is 1. The lowest BCUT2D eigenvalue weighted by Gasteiger charge is -2.45. The van der Waals surface area contributed by atoms with E-state index in [0.29, 0.717) is 18.6 Å². The molecule has 0 aromatic rings. The van der Waals surface area contributed by atoms with Gasteiger partial charge in [-0.25, -0.2) is 4.79 Å². The van der Waals surface area contributed by atoms with Gasteiger partial charge in [0.25, 0.3) is 0 Å². The fraction of sp³-hybridized carbons (Fsp3) is 0.938. The van der Waals surface area contributed by atoms with Crippen LogP contribution in [0.4, 0.5) is 4.79 Å². The van der Waals surface area contributed by atoms with Crippen LogP contribution in [0.3, 0.4) is 0 Å². The van der Waals surface area contributed by atoms with Gasteiger partial charge in [0.1, 0.15) is 0 Å². The van der Waals surface area contributed by atoms with Crippen molar-refractivity contribution in [2.75, 3.05) is 19.7 Å². The van der Waals surface area contributed by atoms with E-state index in [0.717, 1.165) is 18.9 Å². The second-order valence-corrected chi connectivity index (χ2v) is 6.46. The van der Waals surface area contributed by atoms with Gasteiger partial charge in [0, 0.05) is 25.2 Å². The van der Waals surface area contributed by atoms with Crippen LogP contribution in [0.2, 0.25) is 0 Å². The smallest absolute Gasteiger partial charge is 0.407 e. The first-order chi connectivity index (χ1) is 9.63. The number of piperidine rings is 1. The maximum Gasteiger partial charge on any atom is 0.407 e. The molecule has 2 aliphatic rings. The summed E-state index contributed by atoms with van der Waals surface area (Å²) < 4.78 is 5.02. The maximum atomic E-state index is 11.6. The minimum absolute atomic E-state index is 0.246. The third kappa shape index (κ3) is 3.87. The molecule has 116 valence electrons. The first-order valence-electron chi connectivity index (χ1n) is 8.31. The van der Waals surface area contributed by atoms with E-state index in [-0.39, 0.29) is 12.1 Å². The molecule has 20 heavy (non-hydrogen) atoms. The average Bonchev–Trinajstić information content (AvgIpc) is 2.36. The molecule has 1 aliphatic carbocycles. The average molecular weight is 282 g/mol. The minimum atomic E-state index is -0.259. The third-order valence-electron chi connectivity index (χ3n) is 5.15. The Morgan fingerprint density at radius 2 is 2.10 bits per heavy atom. The van der Waals surface area contributed by atoms with Gasteiger partial charge < -0.3 is 10.1 Å². The van der Waals surface area contributed by atoms with E-state index in [1.54, 1.807) is 0 Å². The Balaban J connectivity index is 1.90. The Morgan fingerprint density at radius 1 is 1.35 bits per heavy atom. The number of likely N-dealkylation sites (tertiary alicyclic amines) is 1. The van der Waals surface area contributed by atoms with Gasteiger partial charge in [-0.2, -0.15) is 0 Å². The van der Waals surface area contributed by atoms with Gasteiger partial charge in [-0.05, 0) is 44.9 Å². The zero-order valence-electron chi connectivity index (χ0n) is 13.2. The Kier molecular flexibility index (Phi) is 5.70. The van der Waals surface area contributed by atoms with E-state index in [4.69, 9.17) is 4.74 Å². The normalized spacial score (nSPS) is 29.6. The molecule has 0 spiro atoms. The second kappa shape index (κ2) is 7.30. The zero-order chi connectivity index (χ0) is 14.5. The van der Waals surface area contributed by atoms with Gasteiger partial charge in [0.15, 0.2) is 0 Å². The summed E-state index contributed by atoms with van der Waals surface area (Å²) in [6, 6.07) is 0.903. The summed E-state index contributed by atoms with van der Waals surface area (Å²) >= 11 is 0. The largest absolute Gasteiger partial charge is 0.450 e. The number of carbonyl (C=O) groups is 1. The summed E-state index contributed by atoms with van der Waals surface area (Å²) in [5.74, 6) is 1.56. The topological polar surface area (TPSA) is 41.6 Å². The van der Waals surface area contributed by atoms with E-state index in [1.165, 1.54) is 32.2 Å². The first-order valence-corrected chi connectivity index (χ1v) is 8.31. The molecule has 2 fully saturated rings. The zero-order valence-corrected chi connectivity index (χ0v) is 13.2. The van der Waals surface area contributed by atoms with Crippen molar-refractivity contribution in [3.05, 3.63) is 0 Å². The molecular formula is C16H30N2O2. The van der Waals surface area contributed by atoms with Crippen LogP contribution in [0.1, 0.15) is 52.9 Å². The van der Waals surface area contributed by atoms with Crippen molar-refractivity contribution < 1.29 is 9.53 Å². The number of nitrogens with zero attached hydrogens (tertiary/aromatic N) is 1. The molecule has 0 aromatic carbocycles. The lowest BCUT2D eigenvalue weighted by molar-refractivity contribution is 0.0489. The second-order valence-electron chi connectivity index (χ2n) is 6.46. The van der Waals surface area contributed by atoms with Crippen molar-refractivity contribution in [1.82, 2.24) is 10.2 Å². The number of amides is 1. The molecule has 3 atom stereocenters. The van der Waals surface area contributed by atoms with Crippen molar-refractivity contribution in [3.63, 3.8) is 0 Å². The summed E-state index contributed by atoms with van der Waals surface area (Å²) in [5, 5.41) is 3.04. The molecule has 1 heterocycles. The van der Waals surface area contributed by atoms with Crippen molar-refractivity contribution in [2.45, 2.75) is 65.0 Å². The van der Waals surface area contributed by atoms with Gasteiger partial charge in [-0.15, -0.1) is 0 Å². The SMILES string of the molecule is CCOC(=O)NC1CC(CC)CN(C(C)C2CCC2)C1. The van der Waals surface area contributed by atoms with E-state index in [2.05, 4.69) is 24.1 Å². The summed E-state index contributed by atoms with van der Waals surface area (Å²) in [6.07, 6.45) is 6.17. The molecule has 0 bridgehead atoms. The highest BCUT2D eigenvalue weighted by molar-refractivity contribution is 5.67. The molecule has 3 unspecified atom stereocenters. The summed E-state index contributed by atoms with van der Waals surface area (Å²) in [5.41, 5.74) is 0.